The second-order valence-electron chi connectivity index (χ2n) is 8.73. The minimum absolute atomic E-state index is 1.12. The molecule has 8 unspecified atom stereocenters. The third kappa shape index (κ3) is 0.930. The predicted octanol–water partition coefficient (Wildman–Crippen LogP) is 4.66. The Morgan fingerprint density at radius 3 is 1.79 bits per heavy atom. The van der Waals surface area contributed by atoms with Gasteiger partial charge < -0.3 is 0 Å². The fourth-order valence-electron chi connectivity index (χ4n) is 7.71. The minimum atomic E-state index is 1.12. The van der Waals surface area contributed by atoms with E-state index in [0.717, 1.165) is 29.6 Å². The van der Waals surface area contributed by atoms with E-state index in [1.807, 2.05) is 0 Å². The van der Waals surface area contributed by atoms with Gasteiger partial charge in [0.05, 0.1) is 0 Å². The molecule has 0 aliphatic heterocycles. The highest BCUT2D eigenvalue weighted by atomic mass is 14.8. The Labute approximate surface area is 117 Å². The van der Waals surface area contributed by atoms with E-state index < -0.39 is 0 Å². The number of hydrogen-bond acceptors (Lipinski definition) is 0. The Bertz CT molecular complexity index is 446. The number of fused-ring (bicyclic) bond motifs is 12. The van der Waals surface area contributed by atoms with Crippen molar-refractivity contribution in [1.29, 1.82) is 0 Å². The first kappa shape index (κ1) is 10.5. The van der Waals surface area contributed by atoms with Crippen LogP contribution in [0.4, 0.5) is 0 Å². The number of allylic oxidation sites excluding steroid dienone is 2. The second-order valence-corrected chi connectivity index (χ2v) is 8.73. The van der Waals surface area contributed by atoms with E-state index in [1.54, 1.807) is 32.1 Å². The standard InChI is InChI=1S/C19H26/c1-2-3-4-9-7-12-13(8-9)17-16(12)18-14-10-5-6-11(10)15(14)19(17)18/h9-17H,2-8H2,1H3. The van der Waals surface area contributed by atoms with Gasteiger partial charge in [-0.3, -0.25) is 0 Å². The summed E-state index contributed by atoms with van der Waals surface area (Å²) in [7, 11) is 0. The van der Waals surface area contributed by atoms with Crippen molar-refractivity contribution in [2.45, 2.75) is 51.9 Å². The summed E-state index contributed by atoms with van der Waals surface area (Å²) in [6, 6.07) is 0. The van der Waals surface area contributed by atoms with E-state index in [-0.39, 0.29) is 0 Å². The van der Waals surface area contributed by atoms with Gasteiger partial charge in [-0.2, -0.15) is 0 Å². The quantitative estimate of drug-likeness (QED) is 0.507. The maximum Gasteiger partial charge on any atom is -0.00973 e. The maximum atomic E-state index is 2.35. The smallest absolute Gasteiger partial charge is 0.00973 e. The molecule has 0 N–H and O–H groups in total. The van der Waals surface area contributed by atoms with Crippen LogP contribution in [0.25, 0.3) is 0 Å². The summed E-state index contributed by atoms with van der Waals surface area (Å²) >= 11 is 0. The molecule has 0 nitrogen and oxygen atoms in total. The van der Waals surface area contributed by atoms with Crippen LogP contribution >= 0.6 is 0 Å². The third-order valence-electron chi connectivity index (χ3n) is 8.50. The van der Waals surface area contributed by atoms with Gasteiger partial charge >= 0.3 is 0 Å². The normalized spacial score (nSPS) is 62.1. The first-order chi connectivity index (χ1) is 9.40. The molecule has 0 bridgehead atoms. The largest absolute Gasteiger partial charge is 0.0654 e. The Morgan fingerprint density at radius 2 is 1.32 bits per heavy atom. The summed E-state index contributed by atoms with van der Waals surface area (Å²) in [6.07, 6.45) is 10.9. The van der Waals surface area contributed by atoms with Crippen LogP contribution in [0.15, 0.2) is 11.1 Å². The Balaban J connectivity index is 1.22. The molecular formula is C19H26. The number of rotatable bonds is 3. The lowest BCUT2D eigenvalue weighted by atomic mass is 9.25. The lowest BCUT2D eigenvalue weighted by molar-refractivity contribution is -0.162. The van der Waals surface area contributed by atoms with Gasteiger partial charge in [0, 0.05) is 0 Å². The SMILES string of the molecule is CCCCC1CC2C(C1)C1C3=C(C4C5CCC5C34)C21. The van der Waals surface area contributed by atoms with Crippen molar-refractivity contribution in [2.75, 3.05) is 0 Å². The van der Waals surface area contributed by atoms with Crippen LogP contribution in [0.3, 0.4) is 0 Å². The monoisotopic (exact) mass is 254 g/mol. The summed E-state index contributed by atoms with van der Waals surface area (Å²) in [5.41, 5.74) is 4.15. The molecule has 0 spiro atoms. The highest BCUT2D eigenvalue weighted by Gasteiger charge is 2.76. The zero-order chi connectivity index (χ0) is 12.3. The molecule has 102 valence electrons. The van der Waals surface area contributed by atoms with E-state index in [0.29, 0.717) is 0 Å². The molecule has 6 aliphatic rings. The van der Waals surface area contributed by atoms with E-state index in [4.69, 9.17) is 0 Å². The van der Waals surface area contributed by atoms with Crippen molar-refractivity contribution in [3.63, 3.8) is 0 Å². The molecule has 6 rings (SSSR count). The molecule has 0 heteroatoms. The zero-order valence-electron chi connectivity index (χ0n) is 12.1. The van der Waals surface area contributed by atoms with Gasteiger partial charge in [-0.1, -0.05) is 37.3 Å². The van der Waals surface area contributed by atoms with E-state index in [9.17, 15) is 0 Å². The van der Waals surface area contributed by atoms with Crippen molar-refractivity contribution < 1.29 is 0 Å². The molecule has 0 heterocycles. The first-order valence-corrected chi connectivity index (χ1v) is 9.14. The van der Waals surface area contributed by atoms with Crippen LogP contribution in [0, 0.1) is 53.3 Å². The minimum Gasteiger partial charge on any atom is -0.0654 e. The Kier molecular flexibility index (Phi) is 1.73. The molecule has 4 fully saturated rings. The van der Waals surface area contributed by atoms with Crippen molar-refractivity contribution in [1.82, 2.24) is 0 Å². The molecule has 6 aliphatic carbocycles. The van der Waals surface area contributed by atoms with Gasteiger partial charge in [0.2, 0.25) is 0 Å². The van der Waals surface area contributed by atoms with Crippen molar-refractivity contribution in [2.24, 2.45) is 53.3 Å². The molecule has 0 aromatic heterocycles. The van der Waals surface area contributed by atoms with Crippen molar-refractivity contribution in [3.8, 4) is 0 Å². The molecule has 0 amide bonds. The van der Waals surface area contributed by atoms with Gasteiger partial charge in [-0.05, 0) is 78.9 Å². The van der Waals surface area contributed by atoms with Crippen LogP contribution in [0.2, 0.25) is 0 Å². The summed E-state index contributed by atoms with van der Waals surface area (Å²) < 4.78 is 0. The fraction of sp³-hybridized carbons (Fsp3) is 0.895. The van der Waals surface area contributed by atoms with Gasteiger partial charge in [0.15, 0.2) is 0 Å². The van der Waals surface area contributed by atoms with Gasteiger partial charge in [0.1, 0.15) is 0 Å². The van der Waals surface area contributed by atoms with Gasteiger partial charge in [-0.15, -0.1) is 0 Å². The predicted molar refractivity (Wildman–Crippen MR) is 76.4 cm³/mol. The molecule has 4 saturated carbocycles. The van der Waals surface area contributed by atoms with Gasteiger partial charge in [0.25, 0.3) is 0 Å². The van der Waals surface area contributed by atoms with Crippen molar-refractivity contribution in [3.05, 3.63) is 11.1 Å². The van der Waals surface area contributed by atoms with E-state index in [1.165, 1.54) is 36.5 Å². The van der Waals surface area contributed by atoms with Crippen LogP contribution in [-0.2, 0) is 0 Å². The average Bonchev–Trinajstić information content (AvgIpc) is 2.71. The molecule has 0 aromatic rings. The highest BCUT2D eigenvalue weighted by Crippen LogP contribution is 2.83. The molecule has 0 aromatic carbocycles. The van der Waals surface area contributed by atoms with Crippen LogP contribution < -0.4 is 0 Å². The Hall–Kier alpha value is -0.260. The zero-order valence-corrected chi connectivity index (χ0v) is 12.1. The van der Waals surface area contributed by atoms with Crippen molar-refractivity contribution >= 4 is 0 Å². The molecule has 19 heavy (non-hydrogen) atoms. The Morgan fingerprint density at radius 1 is 0.789 bits per heavy atom. The van der Waals surface area contributed by atoms with Crippen LogP contribution in [0.5, 0.6) is 0 Å². The number of unbranched alkanes of at least 4 members (excludes halogenated alkanes) is 1. The highest BCUT2D eigenvalue weighted by molar-refractivity contribution is 5.55. The van der Waals surface area contributed by atoms with Gasteiger partial charge in [-0.25, -0.2) is 0 Å². The molecular weight excluding hydrogens is 228 g/mol. The number of hydrogen-bond donors (Lipinski definition) is 0. The first-order valence-electron chi connectivity index (χ1n) is 9.14. The third-order valence-corrected chi connectivity index (χ3v) is 8.50. The molecule has 0 saturated heterocycles. The molecule has 0 radical (unpaired) electrons. The lowest BCUT2D eigenvalue weighted by Gasteiger charge is -2.79. The van der Waals surface area contributed by atoms with E-state index >= 15 is 0 Å². The van der Waals surface area contributed by atoms with E-state index in [2.05, 4.69) is 18.1 Å². The van der Waals surface area contributed by atoms with Crippen LogP contribution in [0.1, 0.15) is 51.9 Å². The maximum absolute atomic E-state index is 2.35. The average molecular weight is 254 g/mol. The summed E-state index contributed by atoms with van der Waals surface area (Å²) in [6.45, 7) is 2.35. The second kappa shape index (κ2) is 3.15. The molecule has 8 atom stereocenters. The van der Waals surface area contributed by atoms with Crippen LogP contribution in [-0.4, -0.2) is 0 Å². The fourth-order valence-corrected chi connectivity index (χ4v) is 7.71. The summed E-state index contributed by atoms with van der Waals surface area (Å²) in [4.78, 5) is 0. The topological polar surface area (TPSA) is 0 Å². The summed E-state index contributed by atoms with van der Waals surface area (Å²) in [5.74, 6) is 10.5. The lowest BCUT2D eigenvalue weighted by Crippen LogP contribution is -2.72. The summed E-state index contributed by atoms with van der Waals surface area (Å²) in [5, 5.41) is 0.